The Morgan fingerprint density at radius 3 is 3.06 bits per heavy atom. The molecule has 0 aliphatic heterocycles. The van der Waals surface area contributed by atoms with E-state index in [0.717, 1.165) is 16.9 Å². The maximum Gasteiger partial charge on any atom is 0.180 e. The van der Waals surface area contributed by atoms with E-state index in [2.05, 4.69) is 20.2 Å². The van der Waals surface area contributed by atoms with Crippen LogP contribution in [0.15, 0.2) is 28.6 Å². The Hall–Kier alpha value is -2.18. The lowest BCUT2D eigenvalue weighted by atomic mass is 10.1. The van der Waals surface area contributed by atoms with E-state index in [1.165, 1.54) is 0 Å². The zero-order chi connectivity index (χ0) is 12.3. The van der Waals surface area contributed by atoms with E-state index in [1.807, 2.05) is 27.0 Å². The van der Waals surface area contributed by atoms with Gasteiger partial charge in [0.05, 0.1) is 6.20 Å². The van der Waals surface area contributed by atoms with Crippen LogP contribution in [0.1, 0.15) is 6.92 Å². The predicted octanol–water partition coefficient (Wildman–Crippen LogP) is -0.542. The van der Waals surface area contributed by atoms with E-state index in [0.29, 0.717) is 0 Å². The summed E-state index contributed by atoms with van der Waals surface area (Å²) in [7, 11) is 3.64. The number of rotatable bonds is 3. The molecule has 86 valence electrons. The van der Waals surface area contributed by atoms with Gasteiger partial charge in [0.2, 0.25) is 0 Å². The smallest absolute Gasteiger partial charge is 0.180 e. The fraction of sp³-hybridized carbons (Fsp3) is 0.200. The molecule has 0 saturated heterocycles. The Kier molecular flexibility index (Phi) is 3.18. The maximum absolute atomic E-state index is 4.44. The molecule has 0 aliphatic rings. The summed E-state index contributed by atoms with van der Waals surface area (Å²) >= 11 is 0. The van der Waals surface area contributed by atoms with Crippen LogP contribution < -0.4 is 10.6 Å². The van der Waals surface area contributed by atoms with Crippen LogP contribution in [0.2, 0.25) is 0 Å². The summed E-state index contributed by atoms with van der Waals surface area (Å²) in [5.41, 5.74) is 2.50. The van der Waals surface area contributed by atoms with E-state index in [4.69, 9.17) is 0 Å². The molecule has 0 aliphatic carbocycles. The van der Waals surface area contributed by atoms with Crippen molar-refractivity contribution in [1.82, 2.24) is 14.6 Å². The first kappa shape index (κ1) is 11.3. The third-order valence-corrected chi connectivity index (χ3v) is 2.20. The van der Waals surface area contributed by atoms with Gasteiger partial charge >= 0.3 is 0 Å². The number of hydrazone groups is 1. The molecule has 0 radical (unpaired) electrons. The third-order valence-electron chi connectivity index (χ3n) is 2.20. The minimum atomic E-state index is 0.760. The maximum atomic E-state index is 4.44. The van der Waals surface area contributed by atoms with E-state index in [1.54, 1.807) is 35.3 Å². The molecule has 2 rings (SSSR count). The normalized spacial score (nSPS) is 11.9. The van der Waals surface area contributed by atoms with Crippen LogP contribution in [0.25, 0.3) is 5.65 Å². The SMILES string of the molecule is Bc1ccn2ncc(N(/C=N\C)/N=C\C)c2n1. The third kappa shape index (κ3) is 2.17. The second-order valence-corrected chi connectivity index (χ2v) is 3.46. The van der Waals surface area contributed by atoms with Gasteiger partial charge in [-0.2, -0.15) is 10.2 Å². The average molecular weight is 228 g/mol. The van der Waals surface area contributed by atoms with E-state index < -0.39 is 0 Å². The zero-order valence-corrected chi connectivity index (χ0v) is 10.1. The number of aliphatic imine (C=N–C) groups is 1. The van der Waals surface area contributed by atoms with Crippen molar-refractivity contribution in [2.75, 3.05) is 12.1 Å². The quantitative estimate of drug-likeness (QED) is 0.307. The monoisotopic (exact) mass is 228 g/mol. The molecule has 0 spiro atoms. The first-order valence-corrected chi connectivity index (χ1v) is 5.27. The minimum Gasteiger partial charge on any atom is -0.277 e. The fourth-order valence-corrected chi connectivity index (χ4v) is 1.50. The molecule has 0 saturated carbocycles. The van der Waals surface area contributed by atoms with Crippen molar-refractivity contribution in [3.63, 3.8) is 0 Å². The Bertz CT molecular complexity index is 561. The van der Waals surface area contributed by atoms with Crippen molar-refractivity contribution < 1.29 is 0 Å². The van der Waals surface area contributed by atoms with Gasteiger partial charge in [-0.15, -0.1) is 0 Å². The van der Waals surface area contributed by atoms with Gasteiger partial charge in [0.25, 0.3) is 0 Å². The molecule has 2 aromatic rings. The molecule has 0 fully saturated rings. The predicted molar refractivity (Wildman–Crippen MR) is 72.2 cm³/mol. The lowest BCUT2D eigenvalue weighted by molar-refractivity contribution is 0.944. The van der Waals surface area contributed by atoms with Crippen LogP contribution in [0.5, 0.6) is 0 Å². The summed E-state index contributed by atoms with van der Waals surface area (Å²) in [4.78, 5) is 8.41. The van der Waals surface area contributed by atoms with Crippen LogP contribution in [0, 0.1) is 0 Å². The molecule has 0 aromatic carbocycles. The van der Waals surface area contributed by atoms with Crippen LogP contribution >= 0.6 is 0 Å². The lowest BCUT2D eigenvalue weighted by Crippen LogP contribution is -2.15. The zero-order valence-electron chi connectivity index (χ0n) is 10.1. The first-order valence-electron chi connectivity index (χ1n) is 5.27. The van der Waals surface area contributed by atoms with Gasteiger partial charge in [-0.3, -0.25) is 4.99 Å². The van der Waals surface area contributed by atoms with Crippen molar-refractivity contribution in [3.8, 4) is 0 Å². The van der Waals surface area contributed by atoms with Gasteiger partial charge in [-0.25, -0.2) is 14.5 Å². The van der Waals surface area contributed by atoms with Gasteiger partial charge in [-0.1, -0.05) is 0 Å². The van der Waals surface area contributed by atoms with Gasteiger partial charge in [0.15, 0.2) is 13.5 Å². The summed E-state index contributed by atoms with van der Waals surface area (Å²) in [6.45, 7) is 1.85. The number of fused-ring (bicyclic) bond motifs is 1. The average Bonchev–Trinajstić information content (AvgIpc) is 2.71. The van der Waals surface area contributed by atoms with Crippen molar-refractivity contribution in [1.29, 1.82) is 0 Å². The van der Waals surface area contributed by atoms with Crippen molar-refractivity contribution >= 4 is 37.3 Å². The summed E-state index contributed by atoms with van der Waals surface area (Å²) in [6, 6.07) is 1.91. The molecule has 0 N–H and O–H groups in total. The largest absolute Gasteiger partial charge is 0.277 e. The molecule has 6 nitrogen and oxygen atoms in total. The highest BCUT2D eigenvalue weighted by molar-refractivity contribution is 6.30. The topological polar surface area (TPSA) is 58.1 Å². The molecular formula is C10H13BN6. The van der Waals surface area contributed by atoms with Crippen molar-refractivity contribution in [2.24, 2.45) is 10.1 Å². The van der Waals surface area contributed by atoms with E-state index in [9.17, 15) is 0 Å². The van der Waals surface area contributed by atoms with Crippen molar-refractivity contribution in [3.05, 3.63) is 18.5 Å². The fourth-order valence-electron chi connectivity index (χ4n) is 1.50. The Morgan fingerprint density at radius 1 is 1.53 bits per heavy atom. The number of anilines is 1. The number of hydrogen-bond acceptors (Lipinski definition) is 4. The molecule has 0 amide bonds. The highest BCUT2D eigenvalue weighted by Crippen LogP contribution is 2.17. The van der Waals surface area contributed by atoms with Gasteiger partial charge in [0.1, 0.15) is 12.0 Å². The number of aromatic nitrogens is 3. The molecule has 0 unspecified atom stereocenters. The van der Waals surface area contributed by atoms with Crippen molar-refractivity contribution in [2.45, 2.75) is 6.92 Å². The molecule has 7 heteroatoms. The number of nitrogens with zero attached hydrogens (tertiary/aromatic N) is 6. The summed E-state index contributed by atoms with van der Waals surface area (Å²) < 4.78 is 1.71. The standard InChI is InChI=1S/C10H13BN6/c1-3-13-17(7-12-2)8-6-14-16-5-4-9(11)15-10(8)16/h3-7H,11H2,1-2H3/b12-7-,13-3-. The Labute approximate surface area is 100 Å². The molecule has 2 aromatic heterocycles. The lowest BCUT2D eigenvalue weighted by Gasteiger charge is -2.10. The van der Waals surface area contributed by atoms with Crippen LogP contribution in [0.3, 0.4) is 0 Å². The van der Waals surface area contributed by atoms with Crippen LogP contribution in [-0.2, 0) is 0 Å². The summed E-state index contributed by atoms with van der Waals surface area (Å²) in [5, 5.41) is 10.1. The van der Waals surface area contributed by atoms with E-state index in [-0.39, 0.29) is 0 Å². The molecule has 0 bridgehead atoms. The molecule has 0 atom stereocenters. The second kappa shape index (κ2) is 4.77. The number of hydrogen-bond donors (Lipinski definition) is 0. The summed E-state index contributed by atoms with van der Waals surface area (Å²) in [6.07, 6.45) is 6.91. The highest BCUT2D eigenvalue weighted by atomic mass is 15.5. The summed E-state index contributed by atoms with van der Waals surface area (Å²) in [5.74, 6) is 0. The van der Waals surface area contributed by atoms with Crippen LogP contribution in [-0.4, -0.2) is 42.0 Å². The molecule has 17 heavy (non-hydrogen) atoms. The minimum absolute atomic E-state index is 0.760. The Morgan fingerprint density at radius 2 is 2.35 bits per heavy atom. The van der Waals surface area contributed by atoms with Gasteiger partial charge < -0.3 is 0 Å². The Balaban J connectivity index is 2.56. The molecular weight excluding hydrogens is 215 g/mol. The van der Waals surface area contributed by atoms with Gasteiger partial charge in [0, 0.05) is 19.5 Å². The highest BCUT2D eigenvalue weighted by Gasteiger charge is 2.10. The van der Waals surface area contributed by atoms with Crippen LogP contribution in [0.4, 0.5) is 5.69 Å². The van der Waals surface area contributed by atoms with E-state index >= 15 is 0 Å². The molecule has 2 heterocycles. The first-order chi connectivity index (χ1) is 8.26. The van der Waals surface area contributed by atoms with Gasteiger partial charge in [-0.05, 0) is 18.6 Å². The second-order valence-electron chi connectivity index (χ2n) is 3.46.